The summed E-state index contributed by atoms with van der Waals surface area (Å²) in [7, 11) is -3.07. The van der Waals surface area contributed by atoms with Crippen molar-refractivity contribution in [2.45, 2.75) is 37.1 Å². The highest BCUT2D eigenvalue weighted by molar-refractivity contribution is 7.90. The van der Waals surface area contributed by atoms with Crippen LogP contribution in [0.5, 0.6) is 0 Å². The molecule has 1 aliphatic carbocycles. The van der Waals surface area contributed by atoms with Crippen LogP contribution in [0.1, 0.15) is 31.2 Å². The second kappa shape index (κ2) is 5.85. The minimum absolute atomic E-state index is 0.391. The minimum Gasteiger partial charge on any atom is -0.312 e. The molecule has 1 fully saturated rings. The standard InChI is InChI=1S/C14H21NO2S/c1-18(16,17)14-8-6-13(7-9-14)11-15-10-12-4-2-3-5-12/h6-9,12,15H,2-5,10-11H2,1H3. The molecule has 0 spiro atoms. The van der Waals surface area contributed by atoms with E-state index < -0.39 is 9.84 Å². The molecular formula is C14H21NO2S. The number of hydrogen-bond acceptors (Lipinski definition) is 3. The first kappa shape index (κ1) is 13.6. The fourth-order valence-corrected chi connectivity index (χ4v) is 3.12. The molecule has 18 heavy (non-hydrogen) atoms. The van der Waals surface area contributed by atoms with Crippen LogP contribution in [0.15, 0.2) is 29.2 Å². The van der Waals surface area contributed by atoms with Gasteiger partial charge in [-0.25, -0.2) is 8.42 Å². The van der Waals surface area contributed by atoms with Gasteiger partial charge >= 0.3 is 0 Å². The van der Waals surface area contributed by atoms with Gasteiger partial charge < -0.3 is 5.32 Å². The molecule has 0 saturated heterocycles. The van der Waals surface area contributed by atoms with E-state index in [1.807, 2.05) is 12.1 Å². The molecule has 1 aromatic carbocycles. The van der Waals surface area contributed by atoms with E-state index in [-0.39, 0.29) is 0 Å². The molecule has 4 heteroatoms. The third kappa shape index (κ3) is 3.82. The highest BCUT2D eigenvalue weighted by atomic mass is 32.2. The zero-order chi connectivity index (χ0) is 13.0. The SMILES string of the molecule is CS(=O)(=O)c1ccc(CNCC2CCCC2)cc1. The molecule has 0 aliphatic heterocycles. The van der Waals surface area contributed by atoms with Crippen molar-refractivity contribution >= 4 is 9.84 Å². The molecule has 3 nitrogen and oxygen atoms in total. The molecule has 0 heterocycles. The Morgan fingerprint density at radius 3 is 2.33 bits per heavy atom. The third-order valence-corrected chi connectivity index (χ3v) is 4.72. The van der Waals surface area contributed by atoms with Gasteiger partial charge in [-0.15, -0.1) is 0 Å². The van der Waals surface area contributed by atoms with Crippen molar-refractivity contribution in [3.63, 3.8) is 0 Å². The number of hydrogen-bond donors (Lipinski definition) is 1. The summed E-state index contributed by atoms with van der Waals surface area (Å²) in [6.45, 7) is 1.90. The zero-order valence-electron chi connectivity index (χ0n) is 10.9. The Morgan fingerprint density at radius 1 is 1.17 bits per heavy atom. The predicted octanol–water partition coefficient (Wildman–Crippen LogP) is 2.37. The van der Waals surface area contributed by atoms with Crippen LogP contribution in [-0.2, 0) is 16.4 Å². The Morgan fingerprint density at radius 2 is 1.78 bits per heavy atom. The first-order valence-corrected chi connectivity index (χ1v) is 8.44. The zero-order valence-corrected chi connectivity index (χ0v) is 11.7. The highest BCUT2D eigenvalue weighted by Crippen LogP contribution is 2.23. The summed E-state index contributed by atoms with van der Waals surface area (Å²) >= 11 is 0. The van der Waals surface area contributed by atoms with Crippen molar-refractivity contribution in [3.8, 4) is 0 Å². The van der Waals surface area contributed by atoms with Crippen molar-refractivity contribution < 1.29 is 8.42 Å². The van der Waals surface area contributed by atoms with Crippen LogP contribution in [0.25, 0.3) is 0 Å². The van der Waals surface area contributed by atoms with Crippen molar-refractivity contribution in [1.29, 1.82) is 0 Å². The number of sulfone groups is 1. The van der Waals surface area contributed by atoms with Crippen LogP contribution < -0.4 is 5.32 Å². The molecule has 1 aliphatic rings. The summed E-state index contributed by atoms with van der Waals surface area (Å²) in [5, 5.41) is 3.45. The van der Waals surface area contributed by atoms with Crippen molar-refractivity contribution in [1.82, 2.24) is 5.32 Å². The normalized spacial score (nSPS) is 17.2. The van der Waals surface area contributed by atoms with E-state index in [1.54, 1.807) is 12.1 Å². The van der Waals surface area contributed by atoms with Gasteiger partial charge in [-0.2, -0.15) is 0 Å². The molecule has 1 N–H and O–H groups in total. The first-order valence-electron chi connectivity index (χ1n) is 6.55. The molecule has 1 saturated carbocycles. The molecule has 0 amide bonds. The van der Waals surface area contributed by atoms with E-state index in [0.29, 0.717) is 4.90 Å². The molecule has 0 unspecified atom stereocenters. The molecule has 0 atom stereocenters. The number of benzene rings is 1. The minimum atomic E-state index is -3.07. The Kier molecular flexibility index (Phi) is 4.40. The second-order valence-electron chi connectivity index (χ2n) is 5.20. The molecule has 1 aromatic rings. The van der Waals surface area contributed by atoms with Gasteiger partial charge in [-0.05, 0) is 43.0 Å². The maximum absolute atomic E-state index is 11.3. The summed E-state index contributed by atoms with van der Waals surface area (Å²) in [5.74, 6) is 0.834. The van der Waals surface area contributed by atoms with Crippen molar-refractivity contribution in [2.24, 2.45) is 5.92 Å². The monoisotopic (exact) mass is 267 g/mol. The lowest BCUT2D eigenvalue weighted by Gasteiger charge is -2.10. The Hall–Kier alpha value is -0.870. The van der Waals surface area contributed by atoms with Crippen LogP contribution in [0, 0.1) is 5.92 Å². The van der Waals surface area contributed by atoms with Gasteiger partial charge in [0.2, 0.25) is 0 Å². The summed E-state index contributed by atoms with van der Waals surface area (Å²) in [6, 6.07) is 7.14. The molecule has 2 rings (SSSR count). The smallest absolute Gasteiger partial charge is 0.175 e. The number of rotatable bonds is 5. The van der Waals surface area contributed by atoms with E-state index >= 15 is 0 Å². The lowest BCUT2D eigenvalue weighted by molar-refractivity contribution is 0.489. The van der Waals surface area contributed by atoms with Gasteiger partial charge in [0.15, 0.2) is 9.84 Å². The van der Waals surface area contributed by atoms with E-state index in [9.17, 15) is 8.42 Å². The second-order valence-corrected chi connectivity index (χ2v) is 7.21. The van der Waals surface area contributed by atoms with Crippen LogP contribution in [-0.4, -0.2) is 21.2 Å². The first-order chi connectivity index (χ1) is 8.55. The van der Waals surface area contributed by atoms with Crippen LogP contribution in [0.4, 0.5) is 0 Å². The summed E-state index contributed by atoms with van der Waals surface area (Å²) in [4.78, 5) is 0.391. The van der Waals surface area contributed by atoms with Gasteiger partial charge in [-0.3, -0.25) is 0 Å². The van der Waals surface area contributed by atoms with E-state index in [4.69, 9.17) is 0 Å². The maximum atomic E-state index is 11.3. The summed E-state index contributed by atoms with van der Waals surface area (Å²) in [5.41, 5.74) is 1.14. The van der Waals surface area contributed by atoms with Crippen LogP contribution >= 0.6 is 0 Å². The topological polar surface area (TPSA) is 46.2 Å². The quantitative estimate of drug-likeness (QED) is 0.891. The van der Waals surface area contributed by atoms with Crippen molar-refractivity contribution in [3.05, 3.63) is 29.8 Å². The summed E-state index contributed by atoms with van der Waals surface area (Å²) < 4.78 is 22.6. The fraction of sp³-hybridized carbons (Fsp3) is 0.571. The average Bonchev–Trinajstić information content (AvgIpc) is 2.82. The van der Waals surface area contributed by atoms with E-state index in [1.165, 1.54) is 31.9 Å². The van der Waals surface area contributed by atoms with Gasteiger partial charge in [0, 0.05) is 12.8 Å². The highest BCUT2D eigenvalue weighted by Gasteiger charge is 2.14. The van der Waals surface area contributed by atoms with Gasteiger partial charge in [0.05, 0.1) is 4.90 Å². The third-order valence-electron chi connectivity index (χ3n) is 3.59. The van der Waals surface area contributed by atoms with E-state index in [2.05, 4.69) is 5.32 Å². The average molecular weight is 267 g/mol. The lowest BCUT2D eigenvalue weighted by atomic mass is 10.1. The molecular weight excluding hydrogens is 246 g/mol. The predicted molar refractivity (Wildman–Crippen MR) is 73.2 cm³/mol. The largest absolute Gasteiger partial charge is 0.312 e. The van der Waals surface area contributed by atoms with E-state index in [0.717, 1.165) is 24.6 Å². The van der Waals surface area contributed by atoms with Gasteiger partial charge in [-0.1, -0.05) is 25.0 Å². The molecule has 0 aromatic heterocycles. The van der Waals surface area contributed by atoms with Crippen LogP contribution in [0.3, 0.4) is 0 Å². The Balaban J connectivity index is 1.83. The fourth-order valence-electron chi connectivity index (χ4n) is 2.49. The molecule has 100 valence electrons. The maximum Gasteiger partial charge on any atom is 0.175 e. The van der Waals surface area contributed by atoms with Gasteiger partial charge in [0.25, 0.3) is 0 Å². The molecule has 0 radical (unpaired) electrons. The summed E-state index contributed by atoms with van der Waals surface area (Å²) in [6.07, 6.45) is 6.67. The number of nitrogens with one attached hydrogen (secondary N) is 1. The van der Waals surface area contributed by atoms with Crippen molar-refractivity contribution in [2.75, 3.05) is 12.8 Å². The molecule has 0 bridgehead atoms. The Labute approximate surface area is 110 Å². The van der Waals surface area contributed by atoms with Gasteiger partial charge in [0.1, 0.15) is 0 Å². The Bertz CT molecular complexity index is 473. The lowest BCUT2D eigenvalue weighted by Crippen LogP contribution is -2.20. The van der Waals surface area contributed by atoms with Crippen LogP contribution in [0.2, 0.25) is 0 Å².